The summed E-state index contributed by atoms with van der Waals surface area (Å²) in [6.07, 6.45) is 0.820. The van der Waals surface area contributed by atoms with Crippen LogP contribution in [0.25, 0.3) is 0 Å². The van der Waals surface area contributed by atoms with E-state index in [4.69, 9.17) is 0 Å². The monoisotopic (exact) mass is 308 g/mol. The van der Waals surface area contributed by atoms with Crippen LogP contribution in [0, 0.1) is 5.82 Å². The molecule has 1 atom stereocenters. The Labute approximate surface area is 129 Å². The summed E-state index contributed by atoms with van der Waals surface area (Å²) >= 11 is 0. The number of hydrogen-bond acceptors (Lipinski definition) is 3. The first-order chi connectivity index (χ1) is 10.4. The van der Waals surface area contributed by atoms with E-state index in [2.05, 4.69) is 10.6 Å². The van der Waals surface area contributed by atoms with Crippen molar-refractivity contribution in [3.63, 3.8) is 0 Å². The van der Waals surface area contributed by atoms with Crippen LogP contribution in [-0.2, 0) is 9.59 Å². The summed E-state index contributed by atoms with van der Waals surface area (Å²) < 4.78 is 12.8. The number of benzene rings is 1. The van der Waals surface area contributed by atoms with Crippen LogP contribution in [0.2, 0.25) is 0 Å². The van der Waals surface area contributed by atoms with Gasteiger partial charge in [-0.25, -0.2) is 4.39 Å². The van der Waals surface area contributed by atoms with E-state index in [1.54, 1.807) is 6.92 Å². The summed E-state index contributed by atoms with van der Waals surface area (Å²) in [5.41, 5.74) is 0.364. The number of carbonyl (C=O) groups is 3. The smallest absolute Gasteiger partial charge is 0.242 e. The van der Waals surface area contributed by atoms with Crippen LogP contribution >= 0.6 is 0 Å². The molecule has 0 radical (unpaired) electrons. The zero-order chi connectivity index (χ0) is 16.5. The Morgan fingerprint density at radius 2 is 1.77 bits per heavy atom. The highest BCUT2D eigenvalue weighted by atomic mass is 19.1. The van der Waals surface area contributed by atoms with E-state index in [-0.39, 0.29) is 30.4 Å². The van der Waals surface area contributed by atoms with Gasteiger partial charge in [-0.15, -0.1) is 0 Å². The Kier molecular flexibility index (Phi) is 7.22. The fourth-order valence-electron chi connectivity index (χ4n) is 1.79. The Hall–Kier alpha value is -2.24. The SMILES string of the molecule is CCCNC(=O)C(C)NC(=O)CCC(=O)c1ccc(F)cc1. The molecule has 0 heterocycles. The molecule has 1 unspecified atom stereocenters. The lowest BCUT2D eigenvalue weighted by molar-refractivity contribution is -0.128. The highest BCUT2D eigenvalue weighted by Crippen LogP contribution is 2.07. The summed E-state index contributed by atoms with van der Waals surface area (Å²) in [6.45, 7) is 4.08. The van der Waals surface area contributed by atoms with Crippen molar-refractivity contribution in [3.8, 4) is 0 Å². The van der Waals surface area contributed by atoms with Gasteiger partial charge in [-0.2, -0.15) is 0 Å². The first kappa shape index (κ1) is 17.8. The minimum atomic E-state index is -0.639. The van der Waals surface area contributed by atoms with Crippen molar-refractivity contribution in [1.82, 2.24) is 10.6 Å². The van der Waals surface area contributed by atoms with Crippen LogP contribution < -0.4 is 10.6 Å². The lowest BCUT2D eigenvalue weighted by atomic mass is 10.1. The predicted molar refractivity (Wildman–Crippen MR) is 80.9 cm³/mol. The van der Waals surface area contributed by atoms with Gasteiger partial charge in [0.1, 0.15) is 11.9 Å². The normalized spacial score (nSPS) is 11.6. The van der Waals surface area contributed by atoms with Gasteiger partial charge in [0, 0.05) is 24.9 Å². The third-order valence-corrected chi connectivity index (χ3v) is 3.07. The molecule has 22 heavy (non-hydrogen) atoms. The minimum absolute atomic E-state index is 0.0123. The van der Waals surface area contributed by atoms with E-state index >= 15 is 0 Å². The maximum absolute atomic E-state index is 12.8. The predicted octanol–water partition coefficient (Wildman–Crippen LogP) is 1.82. The molecule has 1 aromatic carbocycles. The van der Waals surface area contributed by atoms with Crippen molar-refractivity contribution in [1.29, 1.82) is 0 Å². The molecule has 120 valence electrons. The van der Waals surface area contributed by atoms with Crippen molar-refractivity contribution in [2.45, 2.75) is 39.2 Å². The molecule has 5 nitrogen and oxygen atoms in total. The van der Waals surface area contributed by atoms with Gasteiger partial charge in [0.15, 0.2) is 5.78 Å². The topological polar surface area (TPSA) is 75.3 Å². The van der Waals surface area contributed by atoms with Gasteiger partial charge in [0.05, 0.1) is 0 Å². The Morgan fingerprint density at radius 3 is 2.36 bits per heavy atom. The zero-order valence-electron chi connectivity index (χ0n) is 12.8. The average molecular weight is 308 g/mol. The molecule has 0 aromatic heterocycles. The molecule has 2 N–H and O–H groups in total. The van der Waals surface area contributed by atoms with Crippen molar-refractivity contribution < 1.29 is 18.8 Å². The summed E-state index contributed by atoms with van der Waals surface area (Å²) in [4.78, 5) is 35.2. The molecular formula is C16H21FN2O3. The van der Waals surface area contributed by atoms with E-state index in [0.717, 1.165) is 6.42 Å². The van der Waals surface area contributed by atoms with E-state index < -0.39 is 11.9 Å². The first-order valence-corrected chi connectivity index (χ1v) is 7.30. The van der Waals surface area contributed by atoms with Crippen molar-refractivity contribution in [2.75, 3.05) is 6.54 Å². The van der Waals surface area contributed by atoms with Gasteiger partial charge in [0.25, 0.3) is 0 Å². The van der Waals surface area contributed by atoms with E-state index in [0.29, 0.717) is 12.1 Å². The molecule has 2 amide bonds. The lowest BCUT2D eigenvalue weighted by Crippen LogP contribution is -2.45. The zero-order valence-corrected chi connectivity index (χ0v) is 12.8. The van der Waals surface area contributed by atoms with Gasteiger partial charge in [-0.1, -0.05) is 6.92 Å². The third kappa shape index (κ3) is 6.03. The second-order valence-electron chi connectivity index (χ2n) is 5.01. The fraction of sp³-hybridized carbons (Fsp3) is 0.438. The molecule has 1 rings (SSSR count). The fourth-order valence-corrected chi connectivity index (χ4v) is 1.79. The van der Waals surface area contributed by atoms with Crippen LogP contribution in [0.1, 0.15) is 43.5 Å². The van der Waals surface area contributed by atoms with Gasteiger partial charge in [0.2, 0.25) is 11.8 Å². The molecule has 0 fully saturated rings. The molecule has 0 aliphatic carbocycles. The Bertz CT molecular complexity index is 529. The third-order valence-electron chi connectivity index (χ3n) is 3.07. The van der Waals surface area contributed by atoms with Crippen LogP contribution in [0.5, 0.6) is 0 Å². The summed E-state index contributed by atoms with van der Waals surface area (Å²) in [5, 5.41) is 5.22. The molecule has 0 aliphatic rings. The molecule has 1 aromatic rings. The number of carbonyl (C=O) groups excluding carboxylic acids is 3. The molecule has 0 saturated heterocycles. The number of nitrogens with one attached hydrogen (secondary N) is 2. The number of halogens is 1. The largest absolute Gasteiger partial charge is 0.354 e. The quantitative estimate of drug-likeness (QED) is 0.719. The van der Waals surface area contributed by atoms with E-state index in [1.807, 2.05) is 6.92 Å². The van der Waals surface area contributed by atoms with Crippen LogP contribution in [0.3, 0.4) is 0 Å². The van der Waals surface area contributed by atoms with Gasteiger partial charge in [-0.3, -0.25) is 14.4 Å². The molecule has 6 heteroatoms. The number of amides is 2. The molecule has 0 saturated carbocycles. The second-order valence-corrected chi connectivity index (χ2v) is 5.01. The molecule has 0 bridgehead atoms. The average Bonchev–Trinajstić information content (AvgIpc) is 2.50. The molecular weight excluding hydrogens is 287 g/mol. The van der Waals surface area contributed by atoms with Gasteiger partial charge >= 0.3 is 0 Å². The minimum Gasteiger partial charge on any atom is -0.354 e. The number of rotatable bonds is 8. The molecule has 0 aliphatic heterocycles. The van der Waals surface area contributed by atoms with Crippen molar-refractivity contribution >= 4 is 17.6 Å². The van der Waals surface area contributed by atoms with E-state index in [9.17, 15) is 18.8 Å². The second kappa shape index (κ2) is 8.92. The maximum Gasteiger partial charge on any atom is 0.242 e. The van der Waals surface area contributed by atoms with Gasteiger partial charge in [-0.05, 0) is 37.6 Å². The Balaban J connectivity index is 2.37. The summed E-state index contributed by atoms with van der Waals surface area (Å²) in [5.74, 6) is -1.27. The summed E-state index contributed by atoms with van der Waals surface area (Å²) in [7, 11) is 0. The van der Waals surface area contributed by atoms with E-state index in [1.165, 1.54) is 24.3 Å². The standard InChI is InChI=1S/C16H21FN2O3/c1-3-10-18-16(22)11(2)19-15(21)9-8-14(20)12-4-6-13(17)7-5-12/h4-7,11H,3,8-10H2,1-2H3,(H,18,22)(H,19,21). The van der Waals surface area contributed by atoms with Crippen LogP contribution in [0.4, 0.5) is 4.39 Å². The van der Waals surface area contributed by atoms with Gasteiger partial charge < -0.3 is 10.6 Å². The highest BCUT2D eigenvalue weighted by molar-refractivity contribution is 5.98. The Morgan fingerprint density at radius 1 is 1.14 bits per heavy atom. The summed E-state index contributed by atoms with van der Waals surface area (Å²) in [6, 6.07) is 4.54. The lowest BCUT2D eigenvalue weighted by Gasteiger charge is -2.13. The van der Waals surface area contributed by atoms with Crippen molar-refractivity contribution in [3.05, 3.63) is 35.6 Å². The first-order valence-electron chi connectivity index (χ1n) is 7.30. The van der Waals surface area contributed by atoms with Crippen LogP contribution in [0.15, 0.2) is 24.3 Å². The number of Topliss-reactive ketones (excluding diaryl/α,β-unsaturated/α-hetero) is 1. The highest BCUT2D eigenvalue weighted by Gasteiger charge is 2.16. The van der Waals surface area contributed by atoms with Crippen molar-refractivity contribution in [2.24, 2.45) is 0 Å². The molecule has 0 spiro atoms. The maximum atomic E-state index is 12.8. The van der Waals surface area contributed by atoms with Crippen LogP contribution in [-0.4, -0.2) is 30.2 Å². The number of ketones is 1. The number of hydrogen-bond donors (Lipinski definition) is 2.